The maximum atomic E-state index is 13.0. The summed E-state index contributed by atoms with van der Waals surface area (Å²) in [5.74, 6) is 0.0934. The van der Waals surface area contributed by atoms with E-state index in [1.54, 1.807) is 6.20 Å². The van der Waals surface area contributed by atoms with Crippen LogP contribution in [-0.2, 0) is 22.2 Å². The summed E-state index contributed by atoms with van der Waals surface area (Å²) >= 11 is 0. The predicted octanol–water partition coefficient (Wildman–Crippen LogP) is 4.90. The van der Waals surface area contributed by atoms with Crippen LogP contribution in [0.4, 0.5) is 5.69 Å². The molecule has 0 bridgehead atoms. The number of rotatable bonds is 5. The van der Waals surface area contributed by atoms with Crippen molar-refractivity contribution in [2.75, 3.05) is 5.32 Å². The molecule has 1 N–H and O–H groups in total. The molecule has 0 spiro atoms. The monoisotopic (exact) mass is 373 g/mol. The molecule has 1 heterocycles. The van der Waals surface area contributed by atoms with E-state index in [2.05, 4.69) is 55.5 Å². The molecular weight excluding hydrogens is 346 g/mol. The maximum absolute atomic E-state index is 13.0. The first kappa shape index (κ1) is 18.5. The van der Waals surface area contributed by atoms with Gasteiger partial charge in [0, 0.05) is 18.1 Å². The third kappa shape index (κ3) is 3.72. The zero-order valence-corrected chi connectivity index (χ0v) is 16.8. The molecule has 3 aromatic rings. The molecule has 28 heavy (non-hydrogen) atoms. The molecule has 1 fully saturated rings. The van der Waals surface area contributed by atoms with Crippen molar-refractivity contribution in [2.24, 2.45) is 0 Å². The fraction of sp³-hybridized carbons (Fsp3) is 0.333. The zero-order chi connectivity index (χ0) is 19.8. The lowest BCUT2D eigenvalue weighted by molar-refractivity contribution is -0.118. The van der Waals surface area contributed by atoms with Gasteiger partial charge in [-0.3, -0.25) is 9.48 Å². The molecule has 4 heteroatoms. The van der Waals surface area contributed by atoms with Crippen molar-refractivity contribution in [3.8, 4) is 0 Å². The van der Waals surface area contributed by atoms with Crippen LogP contribution in [0, 0.1) is 0 Å². The average Bonchev–Trinajstić information content (AvgIpc) is 3.34. The smallest absolute Gasteiger partial charge is 0.235 e. The van der Waals surface area contributed by atoms with Crippen LogP contribution in [0.25, 0.3) is 0 Å². The normalized spacial score (nSPS) is 15.2. The second kappa shape index (κ2) is 6.93. The number of benzene rings is 2. The van der Waals surface area contributed by atoms with Crippen molar-refractivity contribution in [2.45, 2.75) is 51.0 Å². The van der Waals surface area contributed by atoms with Crippen molar-refractivity contribution in [1.82, 2.24) is 9.78 Å². The van der Waals surface area contributed by atoms with Crippen molar-refractivity contribution < 1.29 is 4.79 Å². The molecule has 0 radical (unpaired) electrons. The highest BCUT2D eigenvalue weighted by molar-refractivity contribution is 6.01. The number of anilines is 1. The van der Waals surface area contributed by atoms with Gasteiger partial charge >= 0.3 is 0 Å². The SMILES string of the molecule is CC(C)(C)c1ccc(C2(C(=O)Nc3ccc(Cn4cccn4)cc3)CC2)cc1. The molecule has 4 nitrogen and oxygen atoms in total. The standard InChI is InChI=1S/C24H27N3O/c1-23(2,3)19-7-9-20(10-8-19)24(13-14-24)22(28)26-21-11-5-18(6-12-21)17-27-16-4-15-25-27/h4-12,15-16H,13-14,17H2,1-3H3,(H,26,28). The van der Waals surface area contributed by atoms with E-state index in [0.717, 1.165) is 36.2 Å². The molecule has 0 unspecified atom stereocenters. The lowest BCUT2D eigenvalue weighted by Crippen LogP contribution is -2.28. The van der Waals surface area contributed by atoms with E-state index in [0.29, 0.717) is 0 Å². The van der Waals surface area contributed by atoms with Gasteiger partial charge in [-0.25, -0.2) is 0 Å². The minimum absolute atomic E-state index is 0.0934. The Hall–Kier alpha value is -2.88. The molecule has 1 aliphatic carbocycles. The summed E-state index contributed by atoms with van der Waals surface area (Å²) in [7, 11) is 0. The second-order valence-corrected chi connectivity index (χ2v) is 8.76. The Bertz CT molecular complexity index is 945. The van der Waals surface area contributed by atoms with Crippen LogP contribution in [0.2, 0.25) is 0 Å². The van der Waals surface area contributed by atoms with Gasteiger partial charge in [-0.2, -0.15) is 5.10 Å². The van der Waals surface area contributed by atoms with Crippen LogP contribution in [0.15, 0.2) is 67.0 Å². The third-order valence-electron chi connectivity index (χ3n) is 5.60. The van der Waals surface area contributed by atoms with E-state index in [4.69, 9.17) is 0 Å². The molecule has 144 valence electrons. The van der Waals surface area contributed by atoms with Gasteiger partial charge < -0.3 is 5.32 Å². The summed E-state index contributed by atoms with van der Waals surface area (Å²) in [5.41, 5.74) is 4.15. The molecule has 1 amide bonds. The molecule has 0 saturated heterocycles. The summed E-state index contributed by atoms with van der Waals surface area (Å²) in [6, 6.07) is 18.5. The number of hydrogen-bond acceptors (Lipinski definition) is 2. The number of carbonyl (C=O) groups is 1. The van der Waals surface area contributed by atoms with Crippen LogP contribution >= 0.6 is 0 Å². The van der Waals surface area contributed by atoms with E-state index in [1.165, 1.54) is 5.56 Å². The summed E-state index contributed by atoms with van der Waals surface area (Å²) in [4.78, 5) is 13.0. The minimum Gasteiger partial charge on any atom is -0.325 e. The summed E-state index contributed by atoms with van der Waals surface area (Å²) < 4.78 is 1.88. The lowest BCUT2D eigenvalue weighted by atomic mass is 9.85. The Balaban J connectivity index is 1.44. The first-order valence-electron chi connectivity index (χ1n) is 9.86. The van der Waals surface area contributed by atoms with Gasteiger partial charge in [0.15, 0.2) is 0 Å². The summed E-state index contributed by atoms with van der Waals surface area (Å²) in [5, 5.41) is 7.34. The predicted molar refractivity (Wildman–Crippen MR) is 112 cm³/mol. The largest absolute Gasteiger partial charge is 0.325 e. The van der Waals surface area contributed by atoms with Gasteiger partial charge in [-0.1, -0.05) is 57.2 Å². The minimum atomic E-state index is -0.371. The fourth-order valence-corrected chi connectivity index (χ4v) is 3.59. The Labute approximate surface area is 166 Å². The highest BCUT2D eigenvalue weighted by Crippen LogP contribution is 2.49. The fourth-order valence-electron chi connectivity index (χ4n) is 3.59. The molecule has 1 saturated carbocycles. The van der Waals surface area contributed by atoms with Gasteiger partial charge in [-0.05, 0) is 53.1 Å². The van der Waals surface area contributed by atoms with Gasteiger partial charge in [0.2, 0.25) is 5.91 Å². The van der Waals surface area contributed by atoms with Crippen molar-refractivity contribution in [3.63, 3.8) is 0 Å². The topological polar surface area (TPSA) is 46.9 Å². The molecule has 1 aromatic heterocycles. The maximum Gasteiger partial charge on any atom is 0.235 e. The number of nitrogens with zero attached hydrogens (tertiary/aromatic N) is 2. The van der Waals surface area contributed by atoms with Crippen molar-refractivity contribution >= 4 is 11.6 Å². The molecule has 0 atom stereocenters. The first-order valence-corrected chi connectivity index (χ1v) is 9.86. The Morgan fingerprint density at radius 3 is 2.29 bits per heavy atom. The van der Waals surface area contributed by atoms with E-state index in [1.807, 2.05) is 41.2 Å². The highest BCUT2D eigenvalue weighted by atomic mass is 16.2. The second-order valence-electron chi connectivity index (χ2n) is 8.76. The van der Waals surface area contributed by atoms with Gasteiger partial charge in [-0.15, -0.1) is 0 Å². The summed E-state index contributed by atoms with van der Waals surface area (Å²) in [6.45, 7) is 7.35. The first-order chi connectivity index (χ1) is 13.4. The van der Waals surface area contributed by atoms with E-state index < -0.39 is 0 Å². The zero-order valence-electron chi connectivity index (χ0n) is 16.8. The summed E-state index contributed by atoms with van der Waals surface area (Å²) in [6.07, 6.45) is 5.53. The Morgan fingerprint density at radius 2 is 1.75 bits per heavy atom. The third-order valence-corrected chi connectivity index (χ3v) is 5.60. The number of hydrogen-bond donors (Lipinski definition) is 1. The Kier molecular flexibility index (Phi) is 4.58. The van der Waals surface area contributed by atoms with Gasteiger partial charge in [0.1, 0.15) is 0 Å². The van der Waals surface area contributed by atoms with Crippen molar-refractivity contribution in [3.05, 3.63) is 83.7 Å². The number of nitrogens with one attached hydrogen (secondary N) is 1. The molecule has 1 aliphatic rings. The highest BCUT2D eigenvalue weighted by Gasteiger charge is 2.51. The lowest BCUT2D eigenvalue weighted by Gasteiger charge is -2.21. The van der Waals surface area contributed by atoms with E-state index >= 15 is 0 Å². The van der Waals surface area contributed by atoms with Crippen LogP contribution < -0.4 is 5.32 Å². The van der Waals surface area contributed by atoms with Gasteiger partial charge in [0.05, 0.1) is 12.0 Å². The number of aromatic nitrogens is 2. The quantitative estimate of drug-likeness (QED) is 0.691. The average molecular weight is 374 g/mol. The Morgan fingerprint density at radius 1 is 1.07 bits per heavy atom. The molecule has 2 aromatic carbocycles. The molecular formula is C24H27N3O. The van der Waals surface area contributed by atoms with E-state index in [-0.39, 0.29) is 16.7 Å². The van der Waals surface area contributed by atoms with Crippen LogP contribution in [0.3, 0.4) is 0 Å². The van der Waals surface area contributed by atoms with Crippen LogP contribution in [-0.4, -0.2) is 15.7 Å². The van der Waals surface area contributed by atoms with Gasteiger partial charge in [0.25, 0.3) is 0 Å². The van der Waals surface area contributed by atoms with Crippen LogP contribution in [0.1, 0.15) is 50.3 Å². The number of amides is 1. The van der Waals surface area contributed by atoms with Crippen LogP contribution in [0.5, 0.6) is 0 Å². The molecule has 4 rings (SSSR count). The number of carbonyl (C=O) groups excluding carboxylic acids is 1. The van der Waals surface area contributed by atoms with E-state index in [9.17, 15) is 4.79 Å². The van der Waals surface area contributed by atoms with Crippen molar-refractivity contribution in [1.29, 1.82) is 0 Å². The molecule has 0 aliphatic heterocycles.